The fourth-order valence-electron chi connectivity index (χ4n) is 3.63. The van der Waals surface area contributed by atoms with Crippen molar-refractivity contribution in [2.45, 2.75) is 38.5 Å². The maximum atomic E-state index is 13.6. The van der Waals surface area contributed by atoms with Crippen LogP contribution in [0.5, 0.6) is 0 Å². The highest BCUT2D eigenvalue weighted by Crippen LogP contribution is 2.53. The van der Waals surface area contributed by atoms with Crippen molar-refractivity contribution in [1.82, 2.24) is 0 Å². The molecule has 2 nitrogen and oxygen atoms in total. The van der Waals surface area contributed by atoms with Gasteiger partial charge in [0, 0.05) is 11.5 Å². The number of benzene rings is 2. The zero-order valence-corrected chi connectivity index (χ0v) is 14.8. The number of rotatable bonds is 3. The monoisotopic (exact) mass is 360 g/mol. The molecule has 0 heterocycles. The first-order valence-corrected chi connectivity index (χ1v) is 8.22. The number of ether oxygens (including phenoxy) is 1. The molecule has 3 rings (SSSR count). The van der Waals surface area contributed by atoms with E-state index in [1.807, 2.05) is 0 Å². The van der Waals surface area contributed by atoms with Gasteiger partial charge >= 0.3 is 12.1 Å². The van der Waals surface area contributed by atoms with Crippen LogP contribution in [-0.2, 0) is 15.7 Å². The smallest absolute Gasteiger partial charge is 0.417 e. The van der Waals surface area contributed by atoms with Gasteiger partial charge in [-0.3, -0.25) is 0 Å². The van der Waals surface area contributed by atoms with E-state index in [1.165, 1.54) is 13.0 Å². The van der Waals surface area contributed by atoms with Gasteiger partial charge in [0.2, 0.25) is 0 Å². The van der Waals surface area contributed by atoms with E-state index in [4.69, 9.17) is 4.74 Å². The lowest BCUT2D eigenvalue weighted by molar-refractivity contribution is -0.152. The summed E-state index contributed by atoms with van der Waals surface area (Å²) in [4.78, 5) is 12.1. The average molecular weight is 360 g/mol. The number of fused-ring (bicyclic) bond motifs is 3. The first-order valence-electron chi connectivity index (χ1n) is 8.22. The van der Waals surface area contributed by atoms with Crippen LogP contribution in [-0.4, -0.2) is 11.6 Å². The lowest BCUT2D eigenvalue weighted by Gasteiger charge is -2.33. The Bertz CT molecular complexity index is 894. The van der Waals surface area contributed by atoms with Crippen LogP contribution in [0.25, 0.3) is 11.1 Å². The molecule has 26 heavy (non-hydrogen) atoms. The lowest BCUT2D eigenvalue weighted by Crippen LogP contribution is -2.35. The highest BCUT2D eigenvalue weighted by Gasteiger charge is 2.45. The molecule has 1 atom stereocenters. The van der Waals surface area contributed by atoms with Crippen molar-refractivity contribution in [3.63, 3.8) is 0 Å². The summed E-state index contributed by atoms with van der Waals surface area (Å²) >= 11 is 0. The van der Waals surface area contributed by atoms with Gasteiger partial charge in [-0.2, -0.15) is 13.2 Å². The number of carbonyl (C=O) groups is 1. The molecule has 0 aromatic heterocycles. The second-order valence-corrected chi connectivity index (χ2v) is 7.06. The lowest BCUT2D eigenvalue weighted by atomic mass is 9.82. The van der Waals surface area contributed by atoms with Crippen molar-refractivity contribution in [3.05, 3.63) is 71.3 Å². The van der Waals surface area contributed by atoms with E-state index in [1.54, 1.807) is 44.2 Å². The SMILES string of the molecule is C=C(C)C(=O)OC(C)(C)C1c2ccccc2-c2c1cccc2C(F)(F)F. The summed E-state index contributed by atoms with van der Waals surface area (Å²) in [5.74, 6) is -1.06. The van der Waals surface area contributed by atoms with Gasteiger partial charge in [0.1, 0.15) is 5.60 Å². The number of esters is 1. The Morgan fingerprint density at radius 2 is 1.65 bits per heavy atom. The van der Waals surface area contributed by atoms with Crippen LogP contribution in [0.3, 0.4) is 0 Å². The molecular weight excluding hydrogens is 341 g/mol. The molecule has 0 amide bonds. The van der Waals surface area contributed by atoms with Crippen molar-refractivity contribution in [2.75, 3.05) is 0 Å². The summed E-state index contributed by atoms with van der Waals surface area (Å²) in [6.45, 7) is 8.54. The van der Waals surface area contributed by atoms with Crippen molar-refractivity contribution < 1.29 is 22.7 Å². The highest BCUT2D eigenvalue weighted by molar-refractivity contribution is 5.88. The Labute approximate surface area is 150 Å². The van der Waals surface area contributed by atoms with Crippen LogP contribution in [0.1, 0.15) is 43.4 Å². The molecule has 1 aliphatic rings. The molecule has 0 bridgehead atoms. The van der Waals surface area contributed by atoms with E-state index in [9.17, 15) is 18.0 Å². The Balaban J connectivity index is 2.22. The minimum atomic E-state index is -4.47. The Hall–Kier alpha value is -2.56. The molecule has 0 fully saturated rings. The third-order valence-electron chi connectivity index (χ3n) is 4.65. The predicted molar refractivity (Wildman–Crippen MR) is 93.7 cm³/mol. The fourth-order valence-corrected chi connectivity index (χ4v) is 3.63. The van der Waals surface area contributed by atoms with Crippen molar-refractivity contribution in [1.29, 1.82) is 0 Å². The van der Waals surface area contributed by atoms with E-state index < -0.39 is 29.2 Å². The molecule has 136 valence electrons. The van der Waals surface area contributed by atoms with E-state index in [0.29, 0.717) is 11.1 Å². The second-order valence-electron chi connectivity index (χ2n) is 7.06. The minimum Gasteiger partial charge on any atom is -0.455 e. The molecule has 0 spiro atoms. The molecule has 0 saturated heterocycles. The van der Waals surface area contributed by atoms with Gasteiger partial charge < -0.3 is 4.74 Å². The molecule has 0 saturated carbocycles. The largest absolute Gasteiger partial charge is 0.455 e. The molecule has 0 radical (unpaired) electrons. The maximum Gasteiger partial charge on any atom is 0.417 e. The van der Waals surface area contributed by atoms with E-state index >= 15 is 0 Å². The zero-order chi connectivity index (χ0) is 19.3. The topological polar surface area (TPSA) is 26.3 Å². The summed E-state index contributed by atoms with van der Waals surface area (Å²) in [6.07, 6.45) is -4.47. The van der Waals surface area contributed by atoms with Gasteiger partial charge in [-0.25, -0.2) is 4.79 Å². The molecule has 2 aromatic rings. The quantitative estimate of drug-likeness (QED) is 0.517. The van der Waals surface area contributed by atoms with Crippen LogP contribution < -0.4 is 0 Å². The van der Waals surface area contributed by atoms with E-state index in [0.717, 1.165) is 11.6 Å². The standard InChI is InChI=1S/C21H19F3O2/c1-12(2)19(25)26-20(3,4)18-14-9-6-5-8-13(14)17-15(18)10-7-11-16(17)21(22,23)24/h5-11,18H,1H2,2-4H3. The second kappa shape index (κ2) is 6.01. The molecular formula is C21H19F3O2. The van der Waals surface area contributed by atoms with Crippen molar-refractivity contribution in [3.8, 4) is 11.1 Å². The molecule has 1 unspecified atom stereocenters. The average Bonchev–Trinajstić information content (AvgIpc) is 2.88. The van der Waals surface area contributed by atoms with Crippen LogP contribution in [0.15, 0.2) is 54.6 Å². The number of hydrogen-bond acceptors (Lipinski definition) is 2. The first kappa shape index (κ1) is 18.2. The van der Waals surface area contributed by atoms with Crippen LogP contribution >= 0.6 is 0 Å². The summed E-state index contributed by atoms with van der Waals surface area (Å²) < 4.78 is 46.3. The molecule has 1 aliphatic carbocycles. The van der Waals surface area contributed by atoms with Gasteiger partial charge in [-0.1, -0.05) is 43.0 Å². The number of halogens is 3. The zero-order valence-electron chi connectivity index (χ0n) is 14.8. The molecule has 5 heteroatoms. The van der Waals surface area contributed by atoms with Crippen molar-refractivity contribution in [2.24, 2.45) is 0 Å². The summed E-state index contributed by atoms with van der Waals surface area (Å²) in [6, 6.07) is 11.1. The van der Waals surface area contributed by atoms with Crippen LogP contribution in [0, 0.1) is 0 Å². The summed E-state index contributed by atoms with van der Waals surface area (Å²) in [5, 5.41) is 0. The predicted octanol–water partition coefficient (Wildman–Crippen LogP) is 5.72. The van der Waals surface area contributed by atoms with Crippen LogP contribution in [0.4, 0.5) is 13.2 Å². The molecule has 0 aliphatic heterocycles. The Kier molecular flexibility index (Phi) is 4.21. The first-order chi connectivity index (χ1) is 12.0. The number of hydrogen-bond donors (Lipinski definition) is 0. The van der Waals surface area contributed by atoms with Crippen molar-refractivity contribution >= 4 is 5.97 Å². The van der Waals surface area contributed by atoms with E-state index in [2.05, 4.69) is 6.58 Å². The number of alkyl halides is 3. The third-order valence-corrected chi connectivity index (χ3v) is 4.65. The summed E-state index contributed by atoms with van der Waals surface area (Å²) in [7, 11) is 0. The van der Waals surface area contributed by atoms with Gasteiger partial charge in [-0.05, 0) is 49.1 Å². The van der Waals surface area contributed by atoms with Crippen LogP contribution in [0.2, 0.25) is 0 Å². The molecule has 0 N–H and O–H groups in total. The van der Waals surface area contributed by atoms with Gasteiger partial charge in [0.15, 0.2) is 0 Å². The van der Waals surface area contributed by atoms with Gasteiger partial charge in [0.25, 0.3) is 0 Å². The fraction of sp³-hybridized carbons (Fsp3) is 0.286. The van der Waals surface area contributed by atoms with Gasteiger partial charge in [-0.15, -0.1) is 0 Å². The number of carbonyl (C=O) groups excluding carboxylic acids is 1. The van der Waals surface area contributed by atoms with E-state index in [-0.39, 0.29) is 11.1 Å². The minimum absolute atomic E-state index is 0.167. The Morgan fingerprint density at radius 3 is 2.27 bits per heavy atom. The summed E-state index contributed by atoms with van der Waals surface area (Å²) in [5.41, 5.74) is 0.460. The normalized spacial score (nSPS) is 16.0. The third kappa shape index (κ3) is 2.91. The highest BCUT2D eigenvalue weighted by atomic mass is 19.4. The maximum absolute atomic E-state index is 13.6. The Morgan fingerprint density at radius 1 is 1.04 bits per heavy atom. The molecule has 2 aromatic carbocycles. The van der Waals surface area contributed by atoms with Gasteiger partial charge in [0.05, 0.1) is 5.56 Å².